The summed E-state index contributed by atoms with van der Waals surface area (Å²) in [7, 11) is 0. The van der Waals surface area contributed by atoms with Crippen LogP contribution in [0.5, 0.6) is 5.75 Å². The van der Waals surface area contributed by atoms with Gasteiger partial charge in [-0.2, -0.15) is 0 Å². The lowest BCUT2D eigenvalue weighted by atomic mass is 9.97. The number of alkyl halides is 5. The van der Waals surface area contributed by atoms with Crippen LogP contribution in [0.15, 0.2) is 22.7 Å². The molecule has 0 bridgehead atoms. The van der Waals surface area contributed by atoms with Crippen LogP contribution < -0.4 is 10.1 Å². The predicted molar refractivity (Wildman–Crippen MR) is 87.3 cm³/mol. The molecule has 144 valence electrons. The lowest BCUT2D eigenvalue weighted by molar-refractivity contribution is -0.275. The number of nitrogens with zero attached hydrogens (tertiary/aromatic N) is 1. The predicted octanol–water partition coefficient (Wildman–Crippen LogP) is 3.34. The van der Waals surface area contributed by atoms with Gasteiger partial charge >= 0.3 is 6.36 Å². The Kier molecular flexibility index (Phi) is 7.88. The number of hydrogen-bond acceptors (Lipinski definition) is 4. The Morgan fingerprint density at radius 2 is 1.80 bits per heavy atom. The van der Waals surface area contributed by atoms with Crippen molar-refractivity contribution in [3.63, 3.8) is 0 Å². The van der Waals surface area contributed by atoms with Crippen LogP contribution in [-0.4, -0.2) is 55.1 Å². The highest BCUT2D eigenvalue weighted by atomic mass is 79.9. The van der Waals surface area contributed by atoms with Crippen LogP contribution in [0.4, 0.5) is 22.0 Å². The number of piperazine rings is 1. The van der Waals surface area contributed by atoms with Gasteiger partial charge in [-0.1, -0.05) is 15.9 Å². The van der Waals surface area contributed by atoms with E-state index in [2.05, 4.69) is 26.0 Å². The number of benzene rings is 1. The van der Waals surface area contributed by atoms with E-state index in [0.717, 1.165) is 12.1 Å². The first kappa shape index (κ1) is 22.4. The molecule has 4 nitrogen and oxygen atoms in total. The third-order valence-electron chi connectivity index (χ3n) is 3.62. The largest absolute Gasteiger partial charge is 0.573 e. The Morgan fingerprint density at radius 1 is 1.20 bits per heavy atom. The highest BCUT2D eigenvalue weighted by Gasteiger charge is 2.46. The summed E-state index contributed by atoms with van der Waals surface area (Å²) >= 11 is 3.08. The van der Waals surface area contributed by atoms with Gasteiger partial charge in [0, 0.05) is 36.2 Å². The molecule has 1 heterocycles. The number of nitrogens with one attached hydrogen (secondary N) is 1. The first-order valence-corrected chi connectivity index (χ1v) is 7.92. The number of rotatable bonds is 5. The van der Waals surface area contributed by atoms with Crippen LogP contribution in [0.2, 0.25) is 0 Å². The maximum absolute atomic E-state index is 14.4. The summed E-state index contributed by atoms with van der Waals surface area (Å²) in [6, 6.07) is 1.68. The quantitative estimate of drug-likeness (QED) is 0.669. The second kappa shape index (κ2) is 8.81. The minimum atomic E-state index is -5.01. The van der Waals surface area contributed by atoms with Gasteiger partial charge in [0.25, 0.3) is 5.92 Å². The molecule has 2 rings (SSSR count). The van der Waals surface area contributed by atoms with Crippen LogP contribution in [0.1, 0.15) is 11.6 Å². The zero-order chi connectivity index (χ0) is 18.0. The molecule has 1 fully saturated rings. The van der Waals surface area contributed by atoms with Gasteiger partial charge < -0.3 is 15.2 Å². The number of aliphatic hydroxyl groups is 1. The SMILES string of the molecule is Cl.OCC(F)(F)[C@@H](c1cc(Br)ccc1OC(F)(F)F)N1CCNCC1. The average molecular weight is 456 g/mol. The van der Waals surface area contributed by atoms with Crippen molar-refractivity contribution in [2.24, 2.45) is 0 Å². The molecule has 0 unspecified atom stereocenters. The maximum atomic E-state index is 14.4. The van der Waals surface area contributed by atoms with Crippen molar-refractivity contribution in [2.75, 3.05) is 32.8 Å². The van der Waals surface area contributed by atoms with Gasteiger partial charge in [0.2, 0.25) is 0 Å². The highest BCUT2D eigenvalue weighted by molar-refractivity contribution is 9.10. The summed E-state index contributed by atoms with van der Waals surface area (Å²) in [6.07, 6.45) is -5.01. The van der Waals surface area contributed by atoms with Gasteiger partial charge in [-0.05, 0) is 18.2 Å². The fraction of sp³-hybridized carbons (Fsp3) is 0.571. The average Bonchev–Trinajstić information content (AvgIpc) is 2.50. The molecule has 0 amide bonds. The van der Waals surface area contributed by atoms with Crippen LogP contribution in [0.3, 0.4) is 0 Å². The van der Waals surface area contributed by atoms with Crippen molar-refractivity contribution in [1.82, 2.24) is 10.2 Å². The lowest BCUT2D eigenvalue weighted by Gasteiger charge is -2.39. The van der Waals surface area contributed by atoms with Gasteiger partial charge in [0.05, 0.1) is 0 Å². The Bertz CT molecular complexity index is 571. The standard InChI is InChI=1S/C14H16BrF5N2O2.ClH/c15-9-1-2-11(24-14(18,19)20)10(7-9)12(13(16,17)8-23)22-5-3-21-4-6-22;/h1-2,7,12,21,23H,3-6,8H2;1H/t12-;/m1./s1. The zero-order valence-corrected chi connectivity index (χ0v) is 15.2. The monoisotopic (exact) mass is 454 g/mol. The van der Waals surface area contributed by atoms with Crippen molar-refractivity contribution in [1.29, 1.82) is 0 Å². The summed E-state index contributed by atoms with van der Waals surface area (Å²) < 4.78 is 70.8. The van der Waals surface area contributed by atoms with Gasteiger partial charge in [-0.25, -0.2) is 8.78 Å². The molecule has 1 aromatic carbocycles. The van der Waals surface area contributed by atoms with Crippen molar-refractivity contribution in [3.05, 3.63) is 28.2 Å². The molecule has 0 aromatic heterocycles. The number of hydrogen-bond donors (Lipinski definition) is 2. The van der Waals surface area contributed by atoms with E-state index in [1.807, 2.05) is 0 Å². The van der Waals surface area contributed by atoms with Gasteiger partial charge in [-0.15, -0.1) is 25.6 Å². The molecule has 2 N–H and O–H groups in total. The van der Waals surface area contributed by atoms with E-state index < -0.39 is 30.7 Å². The molecule has 1 saturated heterocycles. The molecule has 0 aliphatic carbocycles. The van der Waals surface area contributed by atoms with E-state index in [0.29, 0.717) is 17.6 Å². The third kappa shape index (κ3) is 5.92. The summed E-state index contributed by atoms with van der Waals surface area (Å²) in [6.45, 7) is -0.237. The third-order valence-corrected chi connectivity index (χ3v) is 4.11. The van der Waals surface area contributed by atoms with Gasteiger partial charge in [-0.3, -0.25) is 4.90 Å². The van der Waals surface area contributed by atoms with E-state index >= 15 is 0 Å². The summed E-state index contributed by atoms with van der Waals surface area (Å²) in [5.41, 5.74) is -0.331. The van der Waals surface area contributed by atoms with Crippen LogP contribution >= 0.6 is 28.3 Å². The second-order valence-electron chi connectivity index (χ2n) is 5.34. The number of aliphatic hydroxyl groups excluding tert-OH is 1. The molecule has 11 heteroatoms. The van der Waals surface area contributed by atoms with E-state index in [9.17, 15) is 22.0 Å². The van der Waals surface area contributed by atoms with Crippen LogP contribution in [0.25, 0.3) is 0 Å². The summed E-state index contributed by atoms with van der Waals surface area (Å²) in [4.78, 5) is 1.34. The van der Waals surface area contributed by atoms with Crippen molar-refractivity contribution < 1.29 is 31.8 Å². The second-order valence-corrected chi connectivity index (χ2v) is 6.25. The Balaban J connectivity index is 0.00000312. The van der Waals surface area contributed by atoms with Crippen molar-refractivity contribution >= 4 is 28.3 Å². The first-order valence-electron chi connectivity index (χ1n) is 7.13. The topological polar surface area (TPSA) is 44.7 Å². The Labute approximate surface area is 155 Å². The molecule has 1 aromatic rings. The summed E-state index contributed by atoms with van der Waals surface area (Å²) in [5, 5.41) is 12.1. The molecule has 25 heavy (non-hydrogen) atoms. The maximum Gasteiger partial charge on any atom is 0.573 e. The first-order chi connectivity index (χ1) is 11.1. The fourth-order valence-electron chi connectivity index (χ4n) is 2.67. The van der Waals surface area contributed by atoms with Crippen molar-refractivity contribution in [3.8, 4) is 5.75 Å². The van der Waals surface area contributed by atoms with E-state index in [1.165, 1.54) is 11.0 Å². The minimum absolute atomic E-state index is 0. The molecule has 1 atom stereocenters. The minimum Gasteiger partial charge on any atom is -0.405 e. The Hall–Kier alpha value is -0.680. The van der Waals surface area contributed by atoms with Gasteiger partial charge in [0.15, 0.2) is 0 Å². The molecule has 0 saturated carbocycles. The van der Waals surface area contributed by atoms with E-state index in [1.54, 1.807) is 0 Å². The van der Waals surface area contributed by atoms with E-state index in [4.69, 9.17) is 5.11 Å². The number of ether oxygens (including phenoxy) is 1. The molecule has 0 radical (unpaired) electrons. The molecular formula is C14H17BrClF5N2O2. The zero-order valence-electron chi connectivity index (χ0n) is 12.8. The Morgan fingerprint density at radius 3 is 2.32 bits per heavy atom. The lowest BCUT2D eigenvalue weighted by Crippen LogP contribution is -2.51. The molecule has 1 aliphatic heterocycles. The van der Waals surface area contributed by atoms with E-state index in [-0.39, 0.29) is 31.1 Å². The molecule has 1 aliphatic rings. The molecular weight excluding hydrogens is 439 g/mol. The number of halogens is 7. The normalized spacial score (nSPS) is 17.7. The molecule has 0 spiro atoms. The van der Waals surface area contributed by atoms with Crippen LogP contribution in [-0.2, 0) is 0 Å². The fourth-order valence-corrected chi connectivity index (χ4v) is 3.05. The van der Waals surface area contributed by atoms with Crippen LogP contribution in [0, 0.1) is 0 Å². The highest BCUT2D eigenvalue weighted by Crippen LogP contribution is 2.42. The summed E-state index contributed by atoms with van der Waals surface area (Å²) in [5.74, 6) is -4.34. The smallest absolute Gasteiger partial charge is 0.405 e. The van der Waals surface area contributed by atoms with Crippen molar-refractivity contribution in [2.45, 2.75) is 18.3 Å². The van der Waals surface area contributed by atoms with Gasteiger partial charge in [0.1, 0.15) is 18.4 Å².